The topological polar surface area (TPSA) is 9.23 Å². The van der Waals surface area contributed by atoms with Crippen LogP contribution in [0.3, 0.4) is 0 Å². The van der Waals surface area contributed by atoms with Crippen molar-refractivity contribution in [1.82, 2.24) is 0 Å². The molecular weight excluding hydrogens is 273 g/mol. The van der Waals surface area contributed by atoms with Crippen LogP contribution in [0.4, 0.5) is 13.2 Å². The molecule has 19 heavy (non-hydrogen) atoms. The molecule has 0 saturated heterocycles. The lowest BCUT2D eigenvalue weighted by Gasteiger charge is -2.12. The predicted molar refractivity (Wildman–Crippen MR) is 73.0 cm³/mol. The van der Waals surface area contributed by atoms with E-state index in [1.54, 1.807) is 18.2 Å². The molecule has 0 aliphatic carbocycles. The van der Waals surface area contributed by atoms with Gasteiger partial charge in [-0.25, -0.2) is 0 Å². The number of ether oxygens (including phenoxy) is 1. The lowest BCUT2D eigenvalue weighted by Crippen LogP contribution is -2.19. The highest BCUT2D eigenvalue weighted by molar-refractivity contribution is 7.95. The zero-order chi connectivity index (χ0) is 14.0. The molecule has 0 N–H and O–H groups in total. The van der Waals surface area contributed by atoms with Crippen LogP contribution in [0.25, 0.3) is 10.8 Å². The maximum Gasteiger partial charge on any atom is 0.422 e. The van der Waals surface area contributed by atoms with Gasteiger partial charge in [0.05, 0.1) is 0 Å². The van der Waals surface area contributed by atoms with Gasteiger partial charge in [0.25, 0.3) is 0 Å². The Balaban J connectivity index is 2.44. The van der Waals surface area contributed by atoms with Crippen molar-refractivity contribution < 1.29 is 17.9 Å². The second-order valence-corrected chi connectivity index (χ2v) is 6.40. The first kappa shape index (κ1) is 14.1. The first-order chi connectivity index (χ1) is 8.88. The van der Waals surface area contributed by atoms with E-state index in [9.17, 15) is 13.2 Å². The molecule has 0 amide bonds. The van der Waals surface area contributed by atoms with Crippen LogP contribution in [0, 0.1) is 0 Å². The van der Waals surface area contributed by atoms with E-state index in [0.717, 1.165) is 15.7 Å². The molecule has 1 nitrogen and oxygen atoms in total. The van der Waals surface area contributed by atoms with Crippen molar-refractivity contribution in [3.63, 3.8) is 0 Å². The molecule has 0 aromatic heterocycles. The van der Waals surface area contributed by atoms with Crippen molar-refractivity contribution in [3.8, 4) is 5.75 Å². The van der Waals surface area contributed by atoms with Gasteiger partial charge in [0.1, 0.15) is 18.3 Å². The Bertz CT molecular complexity index is 578. The largest absolute Gasteiger partial charge is 0.483 e. The zero-order valence-corrected chi connectivity index (χ0v) is 11.4. The number of benzene rings is 2. The Kier molecular flexibility index (Phi) is 3.94. The summed E-state index contributed by atoms with van der Waals surface area (Å²) in [5, 5.41) is 1.68. The molecular formula is C14H14F3OS+. The molecule has 102 valence electrons. The molecule has 0 spiro atoms. The summed E-state index contributed by atoms with van der Waals surface area (Å²) in [6.07, 6.45) is -0.157. The number of hydrogen-bond acceptors (Lipinski definition) is 1. The smallest absolute Gasteiger partial charge is 0.422 e. The summed E-state index contributed by atoms with van der Waals surface area (Å²) in [6, 6.07) is 10.9. The van der Waals surface area contributed by atoms with E-state index in [1.807, 2.05) is 18.2 Å². The zero-order valence-electron chi connectivity index (χ0n) is 10.6. The summed E-state index contributed by atoms with van der Waals surface area (Å²) in [5.74, 6) is 0.280. The van der Waals surface area contributed by atoms with Crippen LogP contribution in [-0.4, -0.2) is 25.3 Å². The third-order valence-corrected chi connectivity index (χ3v) is 3.91. The molecule has 0 heterocycles. The van der Waals surface area contributed by atoms with Gasteiger partial charge >= 0.3 is 6.18 Å². The average molecular weight is 287 g/mol. The normalized spacial score (nSPS) is 12.1. The number of rotatable bonds is 3. The van der Waals surface area contributed by atoms with Crippen molar-refractivity contribution >= 4 is 21.7 Å². The molecule has 0 unspecified atom stereocenters. The van der Waals surface area contributed by atoms with Crippen LogP contribution in [-0.2, 0) is 10.9 Å². The molecule has 2 rings (SSSR count). The van der Waals surface area contributed by atoms with E-state index in [1.165, 1.54) is 0 Å². The molecule has 0 aliphatic rings. The van der Waals surface area contributed by atoms with Gasteiger partial charge in [-0.05, 0) is 18.2 Å². The number of fused-ring (bicyclic) bond motifs is 1. The fourth-order valence-corrected chi connectivity index (χ4v) is 2.84. The Morgan fingerprint density at radius 2 is 1.63 bits per heavy atom. The van der Waals surface area contributed by atoms with Crippen molar-refractivity contribution in [2.75, 3.05) is 19.1 Å². The third-order valence-electron chi connectivity index (χ3n) is 2.68. The van der Waals surface area contributed by atoms with Crippen molar-refractivity contribution in [1.29, 1.82) is 0 Å². The van der Waals surface area contributed by atoms with Crippen LogP contribution < -0.4 is 4.74 Å². The monoisotopic (exact) mass is 287 g/mol. The van der Waals surface area contributed by atoms with E-state index in [0.29, 0.717) is 0 Å². The van der Waals surface area contributed by atoms with E-state index < -0.39 is 12.8 Å². The highest BCUT2D eigenvalue weighted by Gasteiger charge is 2.29. The van der Waals surface area contributed by atoms with E-state index in [4.69, 9.17) is 4.74 Å². The minimum atomic E-state index is -4.32. The molecule has 0 aliphatic heterocycles. The van der Waals surface area contributed by atoms with Crippen LogP contribution in [0.15, 0.2) is 41.3 Å². The van der Waals surface area contributed by atoms with Crippen LogP contribution in [0.2, 0.25) is 0 Å². The average Bonchev–Trinajstić information content (AvgIpc) is 2.34. The Morgan fingerprint density at radius 1 is 1.00 bits per heavy atom. The van der Waals surface area contributed by atoms with Crippen molar-refractivity contribution in [2.45, 2.75) is 11.1 Å². The number of hydrogen-bond donors (Lipinski definition) is 0. The van der Waals surface area contributed by atoms with Crippen LogP contribution in [0.1, 0.15) is 0 Å². The highest BCUT2D eigenvalue weighted by atomic mass is 32.2. The lowest BCUT2D eigenvalue weighted by atomic mass is 10.1. The molecule has 5 heteroatoms. The van der Waals surface area contributed by atoms with Crippen LogP contribution in [0.5, 0.6) is 5.75 Å². The van der Waals surface area contributed by atoms with Gasteiger partial charge in [0, 0.05) is 21.7 Å². The molecule has 0 fully saturated rings. The SMILES string of the molecule is C[S+](C)c1ccc(OCC(F)(F)F)c2ccccc12. The summed E-state index contributed by atoms with van der Waals surface area (Å²) in [7, 11) is 0.0394. The standard InChI is InChI=1S/C14H14F3OS/c1-19(2)13-8-7-12(18-9-14(15,16)17)10-5-3-4-6-11(10)13/h3-8H,9H2,1-2H3/q+1. The van der Waals surface area contributed by atoms with Gasteiger partial charge in [0.2, 0.25) is 0 Å². The Morgan fingerprint density at radius 3 is 2.21 bits per heavy atom. The van der Waals surface area contributed by atoms with Crippen molar-refractivity contribution in [3.05, 3.63) is 36.4 Å². The molecule has 0 saturated carbocycles. The molecule has 2 aromatic carbocycles. The first-order valence-electron chi connectivity index (χ1n) is 5.67. The molecule has 0 radical (unpaired) electrons. The van der Waals surface area contributed by atoms with Gasteiger partial charge in [-0.2, -0.15) is 13.2 Å². The lowest BCUT2D eigenvalue weighted by molar-refractivity contribution is -0.153. The van der Waals surface area contributed by atoms with Crippen LogP contribution >= 0.6 is 0 Å². The third kappa shape index (κ3) is 3.35. The molecule has 0 atom stereocenters. The summed E-state index contributed by atoms with van der Waals surface area (Å²) < 4.78 is 41.6. The quantitative estimate of drug-likeness (QED) is 0.775. The minimum absolute atomic E-state index is 0.0394. The second kappa shape index (κ2) is 5.33. The first-order valence-corrected chi connectivity index (χ1v) is 7.71. The Labute approximate surface area is 112 Å². The fraction of sp³-hybridized carbons (Fsp3) is 0.286. The fourth-order valence-electron chi connectivity index (χ4n) is 1.89. The van der Waals surface area contributed by atoms with E-state index >= 15 is 0 Å². The molecule has 2 aromatic rings. The second-order valence-electron chi connectivity index (χ2n) is 4.33. The molecule has 0 bridgehead atoms. The highest BCUT2D eigenvalue weighted by Crippen LogP contribution is 2.32. The van der Waals surface area contributed by atoms with Gasteiger partial charge in [-0.1, -0.05) is 18.2 Å². The van der Waals surface area contributed by atoms with Gasteiger partial charge in [-0.3, -0.25) is 0 Å². The summed E-state index contributed by atoms with van der Waals surface area (Å²) in [4.78, 5) is 1.13. The maximum absolute atomic E-state index is 12.2. The summed E-state index contributed by atoms with van der Waals surface area (Å²) in [6.45, 7) is -1.26. The number of halogens is 3. The van der Waals surface area contributed by atoms with Gasteiger partial charge in [-0.15, -0.1) is 0 Å². The predicted octanol–water partition coefficient (Wildman–Crippen LogP) is 4.02. The Hall–Kier alpha value is -1.36. The van der Waals surface area contributed by atoms with Gasteiger partial charge < -0.3 is 4.74 Å². The van der Waals surface area contributed by atoms with E-state index in [2.05, 4.69) is 12.5 Å². The summed E-state index contributed by atoms with van der Waals surface area (Å²) >= 11 is 0. The number of alkyl halides is 3. The van der Waals surface area contributed by atoms with Crippen molar-refractivity contribution in [2.24, 2.45) is 0 Å². The van der Waals surface area contributed by atoms with Gasteiger partial charge in [0.15, 0.2) is 11.5 Å². The summed E-state index contributed by atoms with van der Waals surface area (Å²) in [5.41, 5.74) is 0. The maximum atomic E-state index is 12.2. The van der Waals surface area contributed by atoms with E-state index in [-0.39, 0.29) is 16.6 Å². The minimum Gasteiger partial charge on any atom is -0.483 e.